The Hall–Kier alpha value is -3.47. The maximum absolute atomic E-state index is 13.0. The number of amides is 2. The highest BCUT2D eigenvalue weighted by Crippen LogP contribution is 2.22. The summed E-state index contributed by atoms with van der Waals surface area (Å²) in [5.41, 5.74) is 4.31. The number of para-hydroxylation sites is 2. The number of pyridine rings is 1. The van der Waals surface area contributed by atoms with E-state index in [1.54, 1.807) is 17.0 Å². The first-order valence-electron chi connectivity index (χ1n) is 9.78. The zero-order valence-electron chi connectivity index (χ0n) is 17.0. The molecule has 1 heterocycles. The van der Waals surface area contributed by atoms with Crippen molar-refractivity contribution in [2.75, 3.05) is 16.8 Å². The lowest BCUT2D eigenvalue weighted by Crippen LogP contribution is -2.31. The lowest BCUT2D eigenvalue weighted by atomic mass is 10.1. The quantitative estimate of drug-likeness (QED) is 0.656. The molecule has 3 aromatic rings. The first kappa shape index (κ1) is 20.3. The third kappa shape index (κ3) is 4.51. The minimum atomic E-state index is -0.327. The van der Waals surface area contributed by atoms with Gasteiger partial charge in [0.15, 0.2) is 0 Å². The molecular formula is C24H25N3O2. The van der Waals surface area contributed by atoms with Gasteiger partial charge in [-0.2, -0.15) is 0 Å². The molecule has 0 unspecified atom stereocenters. The summed E-state index contributed by atoms with van der Waals surface area (Å²) in [5.74, 6) is -0.494. The van der Waals surface area contributed by atoms with Crippen LogP contribution in [0, 0.1) is 6.92 Å². The number of anilines is 2. The van der Waals surface area contributed by atoms with E-state index in [4.69, 9.17) is 0 Å². The van der Waals surface area contributed by atoms with Crippen LogP contribution in [-0.4, -0.2) is 23.3 Å². The number of carbonyl (C=O) groups excluding carboxylic acids is 2. The van der Waals surface area contributed by atoms with E-state index in [2.05, 4.69) is 10.3 Å². The Labute approximate surface area is 171 Å². The molecular weight excluding hydrogens is 362 g/mol. The maximum atomic E-state index is 13.0. The Balaban J connectivity index is 1.86. The minimum Gasteiger partial charge on any atom is -0.320 e. The number of hydrogen-bond acceptors (Lipinski definition) is 3. The fourth-order valence-corrected chi connectivity index (χ4v) is 3.27. The van der Waals surface area contributed by atoms with Crippen LogP contribution in [0.1, 0.15) is 45.8 Å². The Morgan fingerprint density at radius 2 is 1.76 bits per heavy atom. The molecule has 0 saturated carbocycles. The van der Waals surface area contributed by atoms with Crippen molar-refractivity contribution in [3.8, 4) is 0 Å². The molecule has 0 fully saturated rings. The van der Waals surface area contributed by atoms with Gasteiger partial charge < -0.3 is 10.2 Å². The van der Waals surface area contributed by atoms with Gasteiger partial charge in [-0.05, 0) is 55.7 Å². The molecule has 2 amide bonds. The van der Waals surface area contributed by atoms with Gasteiger partial charge in [-0.25, -0.2) is 0 Å². The molecule has 0 bridgehead atoms. The summed E-state index contributed by atoms with van der Waals surface area (Å²) in [6.07, 6.45) is 2.31. The van der Waals surface area contributed by atoms with Crippen LogP contribution in [0.15, 0.2) is 66.9 Å². The highest BCUT2D eigenvalue weighted by Gasteiger charge is 2.19. The Morgan fingerprint density at radius 3 is 2.45 bits per heavy atom. The van der Waals surface area contributed by atoms with Gasteiger partial charge in [0, 0.05) is 29.7 Å². The fraction of sp³-hybridized carbons (Fsp3) is 0.208. The van der Waals surface area contributed by atoms with Crippen LogP contribution in [0.4, 0.5) is 11.4 Å². The number of hydrogen-bond donors (Lipinski definition) is 1. The average molecular weight is 387 g/mol. The average Bonchev–Trinajstić information content (AvgIpc) is 2.76. The van der Waals surface area contributed by atoms with Crippen molar-refractivity contribution in [2.45, 2.75) is 27.2 Å². The molecule has 0 aliphatic heterocycles. The summed E-state index contributed by atoms with van der Waals surface area (Å²) in [5, 5.41) is 2.96. The minimum absolute atomic E-state index is 0.166. The molecule has 0 saturated heterocycles. The molecule has 1 aromatic heterocycles. The lowest BCUT2D eigenvalue weighted by molar-refractivity contribution is 0.0988. The zero-order chi connectivity index (χ0) is 20.8. The van der Waals surface area contributed by atoms with Gasteiger partial charge in [0.2, 0.25) is 0 Å². The number of nitrogens with zero attached hydrogens (tertiary/aromatic N) is 2. The van der Waals surface area contributed by atoms with Crippen LogP contribution in [-0.2, 0) is 6.42 Å². The van der Waals surface area contributed by atoms with Crippen LogP contribution < -0.4 is 10.2 Å². The maximum Gasteiger partial charge on any atom is 0.274 e. The molecule has 0 radical (unpaired) electrons. The topological polar surface area (TPSA) is 62.3 Å². The second-order valence-corrected chi connectivity index (χ2v) is 6.73. The molecule has 0 aliphatic carbocycles. The van der Waals surface area contributed by atoms with E-state index in [1.807, 2.05) is 69.3 Å². The van der Waals surface area contributed by atoms with E-state index >= 15 is 0 Å². The highest BCUT2D eigenvalue weighted by atomic mass is 16.2. The zero-order valence-corrected chi connectivity index (χ0v) is 17.0. The van der Waals surface area contributed by atoms with E-state index < -0.39 is 0 Å². The van der Waals surface area contributed by atoms with Gasteiger partial charge in [-0.1, -0.05) is 43.3 Å². The van der Waals surface area contributed by atoms with Crippen molar-refractivity contribution in [1.29, 1.82) is 0 Å². The van der Waals surface area contributed by atoms with Crippen molar-refractivity contribution in [1.82, 2.24) is 4.98 Å². The van der Waals surface area contributed by atoms with Crippen molar-refractivity contribution in [3.05, 3.63) is 89.2 Å². The lowest BCUT2D eigenvalue weighted by Gasteiger charge is -2.21. The van der Waals surface area contributed by atoms with E-state index in [0.29, 0.717) is 12.1 Å². The van der Waals surface area contributed by atoms with Gasteiger partial charge in [-0.15, -0.1) is 0 Å². The summed E-state index contributed by atoms with van der Waals surface area (Å²) in [6, 6.07) is 18.6. The molecule has 0 aliphatic rings. The number of aryl methyl sites for hydroxylation is 2. The SMILES string of the molecule is CCc1cccc(C)c1NC(=O)c1cc(C(=O)N(CC)c2ccccc2)ccn1. The predicted molar refractivity (Wildman–Crippen MR) is 117 cm³/mol. The van der Waals surface area contributed by atoms with Crippen molar-refractivity contribution in [2.24, 2.45) is 0 Å². The smallest absolute Gasteiger partial charge is 0.274 e. The van der Waals surface area contributed by atoms with Crippen LogP contribution in [0.5, 0.6) is 0 Å². The predicted octanol–water partition coefficient (Wildman–Crippen LogP) is 4.87. The number of carbonyl (C=O) groups is 2. The van der Waals surface area contributed by atoms with Gasteiger partial charge in [0.05, 0.1) is 0 Å². The van der Waals surface area contributed by atoms with Crippen LogP contribution >= 0.6 is 0 Å². The molecule has 0 spiro atoms. The molecule has 1 N–H and O–H groups in total. The fourth-order valence-electron chi connectivity index (χ4n) is 3.27. The second-order valence-electron chi connectivity index (χ2n) is 6.73. The monoisotopic (exact) mass is 387 g/mol. The van der Waals surface area contributed by atoms with E-state index in [1.165, 1.54) is 6.20 Å². The van der Waals surface area contributed by atoms with Gasteiger partial charge in [0.25, 0.3) is 11.8 Å². The summed E-state index contributed by atoms with van der Waals surface area (Å²) >= 11 is 0. The summed E-state index contributed by atoms with van der Waals surface area (Å²) in [4.78, 5) is 31.7. The Morgan fingerprint density at radius 1 is 1.00 bits per heavy atom. The van der Waals surface area contributed by atoms with Gasteiger partial charge in [-0.3, -0.25) is 14.6 Å². The molecule has 148 valence electrons. The highest BCUT2D eigenvalue weighted by molar-refractivity contribution is 6.09. The molecule has 29 heavy (non-hydrogen) atoms. The van der Waals surface area contributed by atoms with E-state index in [9.17, 15) is 9.59 Å². The summed E-state index contributed by atoms with van der Waals surface area (Å²) in [6.45, 7) is 6.45. The van der Waals surface area contributed by atoms with Crippen LogP contribution in [0.3, 0.4) is 0 Å². The summed E-state index contributed by atoms with van der Waals surface area (Å²) < 4.78 is 0. The third-order valence-corrected chi connectivity index (χ3v) is 4.85. The van der Waals surface area contributed by atoms with Crippen molar-refractivity contribution >= 4 is 23.2 Å². The first-order chi connectivity index (χ1) is 14.0. The standard InChI is InChI=1S/C24H25N3O2/c1-4-18-11-9-10-17(3)22(18)26-23(28)21-16-19(14-15-25-21)24(29)27(5-2)20-12-7-6-8-13-20/h6-16H,4-5H2,1-3H3,(H,26,28). The molecule has 5 heteroatoms. The van der Waals surface area contributed by atoms with Crippen LogP contribution in [0.2, 0.25) is 0 Å². The Kier molecular flexibility index (Phi) is 6.39. The van der Waals surface area contributed by atoms with E-state index in [0.717, 1.165) is 28.9 Å². The molecule has 3 rings (SSSR count). The number of aromatic nitrogens is 1. The third-order valence-electron chi connectivity index (χ3n) is 4.85. The number of rotatable bonds is 6. The van der Waals surface area contributed by atoms with E-state index in [-0.39, 0.29) is 17.5 Å². The number of nitrogens with one attached hydrogen (secondary N) is 1. The molecule has 2 aromatic carbocycles. The Bertz CT molecular complexity index is 1020. The van der Waals surface area contributed by atoms with Crippen LogP contribution in [0.25, 0.3) is 0 Å². The number of benzene rings is 2. The molecule has 0 atom stereocenters. The first-order valence-corrected chi connectivity index (χ1v) is 9.78. The van der Waals surface area contributed by atoms with Gasteiger partial charge >= 0.3 is 0 Å². The normalized spacial score (nSPS) is 10.4. The largest absolute Gasteiger partial charge is 0.320 e. The van der Waals surface area contributed by atoms with Gasteiger partial charge in [0.1, 0.15) is 5.69 Å². The molecule has 5 nitrogen and oxygen atoms in total. The summed E-state index contributed by atoms with van der Waals surface area (Å²) in [7, 11) is 0. The van der Waals surface area contributed by atoms with Crippen molar-refractivity contribution in [3.63, 3.8) is 0 Å². The second kappa shape index (κ2) is 9.15. The van der Waals surface area contributed by atoms with Crippen molar-refractivity contribution < 1.29 is 9.59 Å².